The summed E-state index contributed by atoms with van der Waals surface area (Å²) >= 11 is -2.67. The van der Waals surface area contributed by atoms with Crippen LogP contribution in [0.1, 0.15) is 6.92 Å². The number of carbonyl (C=O) groups excluding carboxylic acids is 3. The van der Waals surface area contributed by atoms with E-state index < -0.39 is 42.9 Å². The first-order valence-electron chi connectivity index (χ1n) is 6.05. The van der Waals surface area contributed by atoms with E-state index in [4.69, 9.17) is 9.47 Å². The molecule has 0 aromatic rings. The molecule has 116 valence electrons. The molecule has 1 unspecified atom stereocenters. The first kappa shape index (κ1) is 17.7. The van der Waals surface area contributed by atoms with E-state index >= 15 is 0 Å². The monoisotopic (exact) mass is 494 g/mol. The normalized spacial score (nSPS) is 20.7. The Morgan fingerprint density at radius 2 is 1.71 bits per heavy atom. The molecule has 0 bridgehead atoms. The van der Waals surface area contributed by atoms with Crippen LogP contribution in [0.2, 0.25) is 9.26 Å². The van der Waals surface area contributed by atoms with Crippen molar-refractivity contribution in [2.45, 2.75) is 19.4 Å². The number of hydrogen-bond donors (Lipinski definition) is 0. The van der Waals surface area contributed by atoms with Crippen molar-refractivity contribution >= 4 is 39.7 Å². The summed E-state index contributed by atoms with van der Waals surface area (Å²) in [6, 6.07) is 0. The van der Waals surface area contributed by atoms with E-state index in [0.717, 1.165) is 14.2 Å². The van der Waals surface area contributed by atoms with Crippen LogP contribution in [0.4, 0.5) is 0 Å². The van der Waals surface area contributed by atoms with E-state index in [1.807, 2.05) is 9.26 Å². The van der Waals surface area contributed by atoms with E-state index in [0.29, 0.717) is 0 Å². The van der Waals surface area contributed by atoms with Crippen LogP contribution in [0.15, 0.2) is 21.5 Å². The van der Waals surface area contributed by atoms with Crippen LogP contribution in [0, 0.1) is 0 Å². The molecule has 0 spiro atoms. The minimum atomic E-state index is -2.67. The molecule has 0 aliphatic carbocycles. The molecule has 0 radical (unpaired) electrons. The molecule has 1 heterocycles. The van der Waals surface area contributed by atoms with Crippen molar-refractivity contribution in [1.82, 2.24) is 0 Å². The summed E-state index contributed by atoms with van der Waals surface area (Å²) in [5.41, 5.74) is -0.459. The van der Waals surface area contributed by atoms with Crippen molar-refractivity contribution in [2.24, 2.45) is 10.2 Å². The summed E-state index contributed by atoms with van der Waals surface area (Å²) in [7, 11) is 2.32. The van der Waals surface area contributed by atoms with Gasteiger partial charge in [-0.05, 0) is 0 Å². The van der Waals surface area contributed by atoms with Gasteiger partial charge in [0.05, 0.1) is 0 Å². The van der Waals surface area contributed by atoms with E-state index in [2.05, 4.69) is 15.0 Å². The fraction of sp³-hybridized carbons (Fsp3) is 0.583. The van der Waals surface area contributed by atoms with Gasteiger partial charge in [0.2, 0.25) is 0 Å². The maximum absolute atomic E-state index is 12.4. The molecule has 0 amide bonds. The summed E-state index contributed by atoms with van der Waals surface area (Å²) in [4.78, 5) is 36.2. The molecule has 0 aromatic carbocycles. The first-order valence-corrected chi connectivity index (χ1v) is 14.7. The summed E-state index contributed by atoms with van der Waals surface area (Å²) in [5.74, 6) is -2.33. The summed E-state index contributed by atoms with van der Waals surface area (Å²) < 4.78 is 16.6. The minimum absolute atomic E-state index is 0.135. The van der Waals surface area contributed by atoms with Gasteiger partial charge in [0, 0.05) is 0 Å². The number of nitrogens with zero attached hydrogens (tertiary/aromatic N) is 2. The second-order valence-electron chi connectivity index (χ2n) is 4.19. The second-order valence-corrected chi connectivity index (χ2v) is 13.7. The number of esters is 3. The van der Waals surface area contributed by atoms with Gasteiger partial charge in [-0.15, -0.1) is 0 Å². The third-order valence-electron chi connectivity index (χ3n) is 2.86. The van der Waals surface area contributed by atoms with Gasteiger partial charge in [0.15, 0.2) is 0 Å². The topological polar surface area (TPSA) is 104 Å². The van der Waals surface area contributed by atoms with Crippen molar-refractivity contribution in [1.29, 1.82) is 0 Å². The summed E-state index contributed by atoms with van der Waals surface area (Å²) in [6.45, 7) is 1.78. The third-order valence-corrected chi connectivity index (χ3v) is 9.81. The van der Waals surface area contributed by atoms with Gasteiger partial charge in [-0.2, -0.15) is 0 Å². The van der Waals surface area contributed by atoms with Gasteiger partial charge in [-0.25, -0.2) is 0 Å². The SMILES string of the molecule is CCOC(=O)[C]1([Bi]([CH3])[CH3])N=NC(C(=O)OC)=C1C(=O)OC. The Labute approximate surface area is 130 Å². The van der Waals surface area contributed by atoms with Gasteiger partial charge in [0.1, 0.15) is 0 Å². The zero-order chi connectivity index (χ0) is 16.2. The molecule has 21 heavy (non-hydrogen) atoms. The molecule has 0 saturated heterocycles. The molecule has 9 heteroatoms. The molecule has 0 saturated carbocycles. The number of azo groups is 1. The third kappa shape index (κ3) is 2.97. The van der Waals surface area contributed by atoms with Gasteiger partial charge in [-0.1, -0.05) is 0 Å². The number of rotatable bonds is 5. The number of ether oxygens (including phenoxy) is 3. The summed E-state index contributed by atoms with van der Waals surface area (Å²) in [6.07, 6.45) is 0. The van der Waals surface area contributed by atoms with Crippen molar-refractivity contribution < 1.29 is 28.6 Å². The Hall–Kier alpha value is -1.37. The number of methoxy groups -OCH3 is 2. The molecule has 1 rings (SSSR count). The fourth-order valence-corrected chi connectivity index (χ4v) is 6.88. The molecular formula is C12H17BiN2O6. The van der Waals surface area contributed by atoms with Gasteiger partial charge in [0.25, 0.3) is 0 Å². The number of hydrogen-bond acceptors (Lipinski definition) is 8. The van der Waals surface area contributed by atoms with Crippen molar-refractivity contribution in [2.75, 3.05) is 20.8 Å². The molecule has 0 fully saturated rings. The van der Waals surface area contributed by atoms with Gasteiger partial charge >= 0.3 is 130 Å². The van der Waals surface area contributed by atoms with E-state index in [1.165, 1.54) is 0 Å². The van der Waals surface area contributed by atoms with E-state index in [-0.39, 0.29) is 17.9 Å². The number of carbonyl (C=O) groups is 3. The Balaban J connectivity index is 3.54. The van der Waals surface area contributed by atoms with Gasteiger partial charge in [-0.3, -0.25) is 0 Å². The van der Waals surface area contributed by atoms with Crippen LogP contribution in [0.3, 0.4) is 0 Å². The fourth-order valence-electron chi connectivity index (χ4n) is 1.84. The molecule has 0 N–H and O–H groups in total. The van der Waals surface area contributed by atoms with Gasteiger partial charge < -0.3 is 0 Å². The Morgan fingerprint density at radius 1 is 1.14 bits per heavy atom. The van der Waals surface area contributed by atoms with Crippen LogP contribution in [0.5, 0.6) is 0 Å². The molecule has 1 aliphatic rings. The zero-order valence-electron chi connectivity index (χ0n) is 12.5. The first-order chi connectivity index (χ1) is 9.86. The van der Waals surface area contributed by atoms with Crippen LogP contribution in [-0.4, -0.2) is 63.7 Å². The van der Waals surface area contributed by atoms with E-state index in [9.17, 15) is 14.4 Å². The second kappa shape index (κ2) is 7.07. The van der Waals surface area contributed by atoms with Crippen LogP contribution in [0.25, 0.3) is 0 Å². The van der Waals surface area contributed by atoms with Crippen LogP contribution in [-0.2, 0) is 28.6 Å². The predicted molar refractivity (Wildman–Crippen MR) is 72.8 cm³/mol. The van der Waals surface area contributed by atoms with Crippen molar-refractivity contribution in [3.63, 3.8) is 0 Å². The Bertz CT molecular complexity index is 528. The Kier molecular flexibility index (Phi) is 5.95. The quantitative estimate of drug-likeness (QED) is 0.316. The molecule has 1 aliphatic heterocycles. The van der Waals surface area contributed by atoms with Crippen LogP contribution < -0.4 is 0 Å². The molecular weight excluding hydrogens is 477 g/mol. The van der Waals surface area contributed by atoms with Crippen molar-refractivity contribution in [3.8, 4) is 0 Å². The molecule has 8 nitrogen and oxygen atoms in total. The molecule has 0 aromatic heterocycles. The Morgan fingerprint density at radius 3 is 2.14 bits per heavy atom. The van der Waals surface area contributed by atoms with E-state index in [1.54, 1.807) is 6.92 Å². The maximum atomic E-state index is 12.4. The van der Waals surface area contributed by atoms with Crippen molar-refractivity contribution in [3.05, 3.63) is 11.3 Å². The average Bonchev–Trinajstić information content (AvgIpc) is 2.87. The zero-order valence-corrected chi connectivity index (χ0v) is 16.0. The predicted octanol–water partition coefficient (Wildman–Crippen LogP) is 0.648. The standard InChI is InChI=1S/C10H11N2O6.2CH3.Bi/c1-4-18-10(15)7-5(8(13)16-2)6(11-12-7)9(14)17-3;;;/h4H2,1-3H3;2*1H3;. The molecule has 1 atom stereocenters. The van der Waals surface area contributed by atoms with Crippen LogP contribution >= 0.6 is 0 Å². The summed E-state index contributed by atoms with van der Waals surface area (Å²) in [5, 5.41) is 7.67. The average molecular weight is 494 g/mol.